The number of alkyl halides is 2. The van der Waals surface area contributed by atoms with Crippen molar-refractivity contribution in [3.63, 3.8) is 0 Å². The Hall–Kier alpha value is -12.2. The summed E-state index contributed by atoms with van der Waals surface area (Å²) in [6.45, 7) is 16.1. The number of halogens is 5. The number of hydrogen-bond acceptors (Lipinski definition) is 32. The molecule has 40 nitrogen and oxygen atoms in total. The number of likely N-dealkylation sites (tertiary alicyclic amines) is 3. The number of Topliss-reactive ketones (excluding diaryl/α,β-unsaturated/α-hetero) is 4. The molecule has 12 aromatic heterocycles. The van der Waals surface area contributed by atoms with E-state index in [1.807, 2.05) is 30.3 Å². The molecule has 8 aliphatic heterocycles. The molecule has 23 rings (SSSR count). The number of morpholine rings is 2. The number of pyridine rings is 6. The van der Waals surface area contributed by atoms with Crippen LogP contribution in [-0.2, 0) is 97.9 Å². The van der Waals surface area contributed by atoms with Crippen LogP contribution >= 0.6 is 47.8 Å². The summed E-state index contributed by atoms with van der Waals surface area (Å²) in [6, 6.07) is 12.0. The Morgan fingerprint density at radius 1 is 0.473 bits per heavy atom. The van der Waals surface area contributed by atoms with Gasteiger partial charge in [0.1, 0.15) is 98.3 Å². The highest BCUT2D eigenvalue weighted by atomic mass is 79.9. The van der Waals surface area contributed by atoms with E-state index in [1.165, 1.54) is 39.7 Å². The number of carbonyl (C=O) groups excluding carboxylic acids is 9. The predicted molar refractivity (Wildman–Crippen MR) is 535 cm³/mol. The number of nitrogens with one attached hydrogen (secondary N) is 3. The molecule has 20 heterocycles. The second kappa shape index (κ2) is 40.8. The summed E-state index contributed by atoms with van der Waals surface area (Å²) >= 11 is 10.3. The Labute approximate surface area is 861 Å². The van der Waals surface area contributed by atoms with Gasteiger partial charge in [0.25, 0.3) is 5.92 Å². The summed E-state index contributed by atoms with van der Waals surface area (Å²) in [7, 11) is 0. The Morgan fingerprint density at radius 2 is 0.952 bits per heavy atom. The zero-order valence-corrected chi connectivity index (χ0v) is 85.9. The van der Waals surface area contributed by atoms with Gasteiger partial charge in [-0.05, 0) is 205 Å². The van der Waals surface area contributed by atoms with E-state index < -0.39 is 60.5 Å². The second-order valence-corrected chi connectivity index (χ2v) is 42.6. The lowest BCUT2D eigenvalue weighted by Crippen LogP contribution is -2.47. The largest absolute Gasteiger partial charge is 0.379 e. The first kappa shape index (κ1) is 99.8. The van der Waals surface area contributed by atoms with Gasteiger partial charge in [0, 0.05) is 153 Å². The summed E-state index contributed by atoms with van der Waals surface area (Å²) in [4.78, 5) is 186. The van der Waals surface area contributed by atoms with E-state index in [-0.39, 0.29) is 132 Å². The molecule has 3 aliphatic carbocycles. The summed E-state index contributed by atoms with van der Waals surface area (Å²) in [5.74, 6) is -2.82. The monoisotopic (exact) mass is 2180 g/mol. The van der Waals surface area contributed by atoms with Gasteiger partial charge >= 0.3 is 0 Å². The van der Waals surface area contributed by atoms with Gasteiger partial charge in [-0.25, -0.2) is 58.6 Å². The minimum Gasteiger partial charge on any atom is -0.379 e. The molecule has 11 aliphatic rings. The van der Waals surface area contributed by atoms with Crippen molar-refractivity contribution in [1.29, 1.82) is 0 Å². The van der Waals surface area contributed by atoms with Gasteiger partial charge in [0.15, 0.2) is 28.8 Å². The van der Waals surface area contributed by atoms with Gasteiger partial charge in [-0.1, -0.05) is 18.2 Å². The molecule has 146 heavy (non-hydrogen) atoms. The molecule has 3 saturated carbocycles. The van der Waals surface area contributed by atoms with Crippen molar-refractivity contribution in [2.75, 3.05) is 109 Å². The fraction of sp³-hybridized carbons (Fsp3) is 0.485. The molecule has 0 aromatic carbocycles. The summed E-state index contributed by atoms with van der Waals surface area (Å²) in [5, 5.41) is 24.7. The number of fused-ring (bicyclic) bond motifs is 15. The lowest BCUT2D eigenvalue weighted by atomic mass is 9.92. The fourth-order valence-electron chi connectivity index (χ4n) is 22.3. The third-order valence-corrected chi connectivity index (χ3v) is 31.3. The van der Waals surface area contributed by atoms with Crippen LogP contribution in [0.2, 0.25) is 0 Å². The average Bonchev–Trinajstić information content (AvgIpc) is 1.54. The van der Waals surface area contributed by atoms with Crippen molar-refractivity contribution < 1.29 is 75.6 Å². The number of aromatic nitrogens is 18. The number of ether oxygens (including phenoxy) is 5. The van der Waals surface area contributed by atoms with Crippen LogP contribution in [0, 0.1) is 37.0 Å². The second-order valence-electron chi connectivity index (χ2n) is 40.1. The van der Waals surface area contributed by atoms with Gasteiger partial charge in [-0.15, -0.1) is 0 Å². The van der Waals surface area contributed by atoms with Gasteiger partial charge in [-0.3, -0.25) is 77.0 Å². The van der Waals surface area contributed by atoms with Crippen molar-refractivity contribution in [3.8, 4) is 22.5 Å². The molecular formula is C101H107Br3F2N26O14. The van der Waals surface area contributed by atoms with E-state index in [4.69, 9.17) is 28.7 Å². The van der Waals surface area contributed by atoms with Crippen LogP contribution in [0.15, 0.2) is 112 Å². The average molecular weight is 2190 g/mol. The van der Waals surface area contributed by atoms with Gasteiger partial charge in [0.2, 0.25) is 29.5 Å². The number of anilines is 2. The molecule has 4 unspecified atom stereocenters. The molecule has 5 saturated heterocycles. The normalized spacial score (nSPS) is 26.0. The van der Waals surface area contributed by atoms with Gasteiger partial charge < -0.3 is 54.3 Å². The zero-order chi connectivity index (χ0) is 102. The smallest absolute Gasteiger partial charge is 0.283 e. The predicted octanol–water partition coefficient (Wildman–Crippen LogP) is 9.80. The molecule has 3 spiro atoms. The molecule has 45 heteroatoms. The molecule has 5 amide bonds. The van der Waals surface area contributed by atoms with Crippen molar-refractivity contribution in [2.24, 2.45) is 16.2 Å². The highest BCUT2D eigenvalue weighted by Gasteiger charge is 2.70. The van der Waals surface area contributed by atoms with Crippen LogP contribution in [0.4, 0.5) is 20.4 Å². The molecule has 0 radical (unpaired) electrons. The minimum absolute atomic E-state index is 0.0180. The molecule has 13 atom stereocenters. The van der Waals surface area contributed by atoms with E-state index in [9.17, 15) is 51.9 Å². The lowest BCUT2D eigenvalue weighted by molar-refractivity contribution is -0.139. The number of rotatable bonds is 11. The van der Waals surface area contributed by atoms with Crippen molar-refractivity contribution in [2.45, 2.75) is 199 Å². The van der Waals surface area contributed by atoms with E-state index in [0.29, 0.717) is 194 Å². The molecule has 10 bridgehead atoms. The molecule has 760 valence electrons. The van der Waals surface area contributed by atoms with E-state index in [0.717, 1.165) is 87.2 Å². The highest BCUT2D eigenvalue weighted by Crippen LogP contribution is 2.64. The molecule has 12 aromatic rings. The zero-order valence-electron chi connectivity index (χ0n) is 81.2. The van der Waals surface area contributed by atoms with Crippen LogP contribution in [-0.4, -0.2) is 319 Å². The number of hydrogen-bond donors (Lipinski definition) is 3. The number of piperidine rings is 3. The Bertz CT molecular complexity index is 7230. The molecular weight excluding hydrogens is 2080 g/mol. The first-order chi connectivity index (χ1) is 70.3. The third-order valence-electron chi connectivity index (χ3n) is 30.0. The van der Waals surface area contributed by atoms with E-state index >= 15 is 0 Å². The maximum absolute atomic E-state index is 14.6. The number of nitrogens with zero attached hydrogens (tertiary/aromatic N) is 23. The van der Waals surface area contributed by atoms with Crippen molar-refractivity contribution in [1.82, 2.24) is 119 Å². The topological polar surface area (TPSA) is 460 Å². The van der Waals surface area contributed by atoms with Crippen LogP contribution < -0.4 is 16.0 Å². The van der Waals surface area contributed by atoms with Gasteiger partial charge in [-0.2, -0.15) is 15.3 Å². The van der Waals surface area contributed by atoms with Gasteiger partial charge in [0.05, 0.1) is 123 Å². The van der Waals surface area contributed by atoms with E-state index in [1.54, 1.807) is 98.3 Å². The Balaban J connectivity index is 0.000000129. The number of ketones is 4. The third kappa shape index (κ3) is 20.6. The summed E-state index contributed by atoms with van der Waals surface area (Å²) < 4.78 is 65.6. The molecule has 3 N–H and O–H groups in total. The highest BCUT2D eigenvalue weighted by molar-refractivity contribution is 9.11. The van der Waals surface area contributed by atoms with Crippen molar-refractivity contribution in [3.05, 3.63) is 169 Å². The fourth-order valence-corrected chi connectivity index (χ4v) is 23.3. The van der Waals surface area contributed by atoms with Crippen LogP contribution in [0.1, 0.15) is 150 Å². The number of aryl methyl sites for hydroxylation is 5. The maximum Gasteiger partial charge on any atom is 0.283 e. The number of amides is 5. The SMILES string of the molecule is CC(=O)c1nn(CC(=O)N2[C@H]3C[C@@]4(CCOCC5CN(CCO5)Cc5ccc(Br)nc5CC3=O)C[C@@H]24)c2cnc(-c3cnc(C)nc3)cc12.CC(=O)c1nn(CC(=O)N2[C@H]3C[C@@]4(COCC(F)(F)CNCCCc5ccc(Br)nc5NC3=O)C[C@@H]24)c2cnc(-c3cnc(C)nc3)cc12.CC(=O)c1nn(CC(=O)N2[C@H]3C[C@@]4(COCC5CN(CCCc6ccc(Br)nc6NC3=O)CCO5)C[C@@H]24)c2cnc3nc(C)ncc3c12. The summed E-state index contributed by atoms with van der Waals surface area (Å²) in [5.41, 5.74) is 7.41. The first-order valence-electron chi connectivity index (χ1n) is 49.1. The number of carbonyl (C=O) groups is 9. The first-order valence-corrected chi connectivity index (χ1v) is 51.5. The maximum atomic E-state index is 14.6. The summed E-state index contributed by atoms with van der Waals surface area (Å²) in [6.07, 6.45) is 19.9. The lowest BCUT2D eigenvalue weighted by Gasteiger charge is -2.33. The standard InChI is InChI=1S/C35H37BrN8O5.C33H34BrF2N9O4.C33H36BrN9O5/c1-20(45)34-25-9-26(23-13-37-21(2)38-14-23)39-15-29(25)43(41-34)18-33(47)44-28-11-35(12-31(35)44)5-7-48-19-24-17-42(6-8-49-24)16-22-3-4-32(36)40-27(22)10-30(28)46;1-18(46)29-22-8-23(21-11-38-19(2)39-12-21)40-13-25(22)44(43-29)14-28(47)45-24-9-32(10-26(32)45)16-49-17-33(35,36)15-37-7-3-4-20-5-6-27(34)41-30(20)42-31(24)48;1-18(44)29-28-22-12-35-19(2)37-31(22)36-13-24(28)42(40-29)15-27(45)43-23-10-33(11-25(33)43)17-47-16-21-14-41(8-9-48-21)7-3-4-20-5-6-26(34)38-30(20)39-32(23)46/h3-4,9,13-15,24,28,31H,5-8,10-12,16-19H2,1-2H3;5-6,8,11-13,24,26,37H,3-4,7,9-10,14-17H2,1-2H3,(H,41,42,48);5-6,12-13,21,23,25H,3-4,7-11,14-17H2,1-2H3,(H,38,39,46)/t24?,28-,31+,35-;24-,26+,32-;21?,23-,25+,33-/m000/s1. The minimum atomic E-state index is -3.08. The van der Waals surface area contributed by atoms with Crippen LogP contribution in [0.3, 0.4) is 0 Å². The Kier molecular flexibility index (Phi) is 27.9. The quantitative estimate of drug-likeness (QED) is 0.0800. The Morgan fingerprint density at radius 3 is 1.53 bits per heavy atom. The van der Waals surface area contributed by atoms with Crippen molar-refractivity contribution >= 4 is 156 Å². The van der Waals surface area contributed by atoms with Crippen LogP contribution in [0.25, 0.3) is 66.3 Å². The van der Waals surface area contributed by atoms with E-state index in [2.05, 4.69) is 144 Å². The van der Waals surface area contributed by atoms with Crippen LogP contribution in [0.5, 0.6) is 0 Å². The molecule has 8 fully saturated rings.